The number of nitrogens with zero attached hydrogens (tertiary/aromatic N) is 2. The number of amides is 3. The van der Waals surface area contributed by atoms with Crippen molar-refractivity contribution in [2.45, 2.75) is 38.1 Å². The Morgan fingerprint density at radius 2 is 1.62 bits per heavy atom. The van der Waals surface area contributed by atoms with E-state index < -0.39 is 11.8 Å². The van der Waals surface area contributed by atoms with E-state index in [0.29, 0.717) is 48.6 Å². The van der Waals surface area contributed by atoms with Gasteiger partial charge in [-0.1, -0.05) is 42.0 Å². The first kappa shape index (κ1) is 25.9. The van der Waals surface area contributed by atoms with E-state index in [1.165, 1.54) is 0 Å². The Balaban J connectivity index is 1.20. The fourth-order valence-corrected chi connectivity index (χ4v) is 5.66. The van der Waals surface area contributed by atoms with E-state index in [1.807, 2.05) is 55.5 Å². The molecule has 0 bridgehead atoms. The molecule has 3 aromatic rings. The van der Waals surface area contributed by atoms with Crippen LogP contribution in [0.4, 0.5) is 0 Å². The lowest BCUT2D eigenvalue weighted by molar-refractivity contribution is -0.128. The van der Waals surface area contributed by atoms with Gasteiger partial charge in [0.2, 0.25) is 12.7 Å². The third-order valence-electron chi connectivity index (χ3n) is 7.80. The van der Waals surface area contributed by atoms with Gasteiger partial charge in [-0.3, -0.25) is 19.3 Å². The SMILES string of the molecule is Cc1cccc(C(=O)N2CCC3(CC2)OC[C@@H](C(=O)NCc2ccc4c(c2)OCO4)N3C(=O)c2ccccc2)c1. The van der Waals surface area contributed by atoms with Crippen molar-refractivity contribution in [3.05, 3.63) is 95.1 Å². The number of hydrogen-bond donors (Lipinski definition) is 1. The summed E-state index contributed by atoms with van der Waals surface area (Å²) in [6.45, 7) is 3.31. The molecule has 0 unspecified atom stereocenters. The number of hydrogen-bond acceptors (Lipinski definition) is 6. The van der Waals surface area contributed by atoms with Gasteiger partial charge >= 0.3 is 0 Å². The van der Waals surface area contributed by atoms with Crippen LogP contribution in [0.1, 0.15) is 44.7 Å². The molecular formula is C31H31N3O6. The number of carbonyl (C=O) groups excluding carboxylic acids is 3. The van der Waals surface area contributed by atoms with Gasteiger partial charge in [-0.15, -0.1) is 0 Å². The summed E-state index contributed by atoms with van der Waals surface area (Å²) in [7, 11) is 0. The van der Waals surface area contributed by atoms with E-state index in [1.54, 1.807) is 34.1 Å². The van der Waals surface area contributed by atoms with Gasteiger partial charge in [-0.05, 0) is 48.9 Å². The quantitative estimate of drug-likeness (QED) is 0.531. The van der Waals surface area contributed by atoms with Crippen molar-refractivity contribution in [2.75, 3.05) is 26.5 Å². The number of carbonyl (C=O) groups is 3. The molecule has 2 saturated heterocycles. The van der Waals surface area contributed by atoms with Crippen LogP contribution < -0.4 is 14.8 Å². The number of nitrogens with one attached hydrogen (secondary N) is 1. The smallest absolute Gasteiger partial charge is 0.256 e. The molecule has 0 aromatic heterocycles. The number of fused-ring (bicyclic) bond motifs is 1. The minimum absolute atomic E-state index is 0.0458. The van der Waals surface area contributed by atoms with Crippen molar-refractivity contribution in [3.63, 3.8) is 0 Å². The zero-order valence-electron chi connectivity index (χ0n) is 22.3. The normalized spacial score (nSPS) is 19.1. The van der Waals surface area contributed by atoms with Gasteiger partial charge < -0.3 is 24.4 Å². The van der Waals surface area contributed by atoms with E-state index >= 15 is 0 Å². The average molecular weight is 542 g/mol. The number of likely N-dealkylation sites (tertiary alicyclic amines) is 1. The second-order valence-electron chi connectivity index (χ2n) is 10.4. The van der Waals surface area contributed by atoms with Crippen molar-refractivity contribution < 1.29 is 28.6 Å². The highest BCUT2D eigenvalue weighted by molar-refractivity contribution is 5.98. The van der Waals surface area contributed by atoms with Gasteiger partial charge in [-0.25, -0.2) is 0 Å². The van der Waals surface area contributed by atoms with Crippen LogP contribution in [0.5, 0.6) is 11.5 Å². The van der Waals surface area contributed by atoms with Crippen molar-refractivity contribution in [3.8, 4) is 11.5 Å². The molecule has 1 N–H and O–H groups in total. The lowest BCUT2D eigenvalue weighted by Crippen LogP contribution is -2.59. The number of ether oxygens (including phenoxy) is 3. The number of piperidine rings is 1. The first-order valence-electron chi connectivity index (χ1n) is 13.5. The molecule has 9 nitrogen and oxygen atoms in total. The molecule has 206 valence electrons. The van der Waals surface area contributed by atoms with E-state index in [4.69, 9.17) is 14.2 Å². The molecule has 40 heavy (non-hydrogen) atoms. The number of benzene rings is 3. The van der Waals surface area contributed by atoms with E-state index in [-0.39, 0.29) is 37.7 Å². The zero-order chi connectivity index (χ0) is 27.7. The maximum absolute atomic E-state index is 13.9. The van der Waals surface area contributed by atoms with Crippen molar-refractivity contribution >= 4 is 17.7 Å². The van der Waals surface area contributed by atoms with Crippen LogP contribution in [-0.2, 0) is 16.1 Å². The van der Waals surface area contributed by atoms with Crippen LogP contribution in [0, 0.1) is 6.92 Å². The molecule has 3 heterocycles. The number of aryl methyl sites for hydroxylation is 1. The second kappa shape index (κ2) is 10.7. The molecule has 3 amide bonds. The summed E-state index contributed by atoms with van der Waals surface area (Å²) >= 11 is 0. The molecule has 3 aliphatic rings. The van der Waals surface area contributed by atoms with Gasteiger partial charge in [-0.2, -0.15) is 0 Å². The second-order valence-corrected chi connectivity index (χ2v) is 10.4. The Morgan fingerprint density at radius 1 is 0.875 bits per heavy atom. The Morgan fingerprint density at radius 3 is 2.40 bits per heavy atom. The molecular weight excluding hydrogens is 510 g/mol. The third-order valence-corrected chi connectivity index (χ3v) is 7.80. The number of rotatable bonds is 5. The largest absolute Gasteiger partial charge is 0.454 e. The fourth-order valence-electron chi connectivity index (χ4n) is 5.66. The summed E-state index contributed by atoms with van der Waals surface area (Å²) in [5.74, 6) is 0.711. The average Bonchev–Trinajstić information content (AvgIpc) is 3.60. The minimum Gasteiger partial charge on any atom is -0.454 e. The van der Waals surface area contributed by atoms with Crippen molar-refractivity contribution in [1.82, 2.24) is 15.1 Å². The summed E-state index contributed by atoms with van der Waals surface area (Å²) in [6, 6.07) is 21.2. The Hall–Kier alpha value is -4.37. The highest BCUT2D eigenvalue weighted by Gasteiger charge is 2.54. The zero-order valence-corrected chi connectivity index (χ0v) is 22.3. The van der Waals surface area contributed by atoms with Crippen LogP contribution in [0.15, 0.2) is 72.8 Å². The summed E-state index contributed by atoms with van der Waals surface area (Å²) < 4.78 is 17.1. The molecule has 3 aliphatic heterocycles. The topological polar surface area (TPSA) is 97.4 Å². The van der Waals surface area contributed by atoms with Crippen LogP contribution in [0.25, 0.3) is 0 Å². The van der Waals surface area contributed by atoms with Crippen molar-refractivity contribution in [1.29, 1.82) is 0 Å². The molecule has 3 aromatic carbocycles. The van der Waals surface area contributed by atoms with E-state index in [9.17, 15) is 14.4 Å². The lowest BCUT2D eigenvalue weighted by atomic mass is 9.96. The molecule has 1 atom stereocenters. The fraction of sp³-hybridized carbons (Fsp3) is 0.323. The summed E-state index contributed by atoms with van der Waals surface area (Å²) in [5, 5.41) is 2.97. The van der Waals surface area contributed by atoms with E-state index in [2.05, 4.69) is 5.32 Å². The molecule has 9 heteroatoms. The van der Waals surface area contributed by atoms with Crippen LogP contribution >= 0.6 is 0 Å². The maximum Gasteiger partial charge on any atom is 0.256 e. The summed E-state index contributed by atoms with van der Waals surface area (Å²) in [5.41, 5.74) is 2.03. The lowest BCUT2D eigenvalue weighted by Gasteiger charge is -2.44. The monoisotopic (exact) mass is 541 g/mol. The highest BCUT2D eigenvalue weighted by Crippen LogP contribution is 2.39. The molecule has 0 saturated carbocycles. The van der Waals surface area contributed by atoms with Crippen LogP contribution in [-0.4, -0.2) is 65.8 Å². The Kier molecular flexibility index (Phi) is 6.89. The van der Waals surface area contributed by atoms with Gasteiger partial charge in [0.05, 0.1) is 6.61 Å². The Labute approximate surface area is 232 Å². The minimum atomic E-state index is -0.975. The predicted octanol–water partition coefficient (Wildman–Crippen LogP) is 3.51. The van der Waals surface area contributed by atoms with Gasteiger partial charge in [0, 0.05) is 43.6 Å². The first-order valence-corrected chi connectivity index (χ1v) is 13.5. The molecule has 0 aliphatic carbocycles. The van der Waals surface area contributed by atoms with Crippen molar-refractivity contribution in [2.24, 2.45) is 0 Å². The highest BCUT2D eigenvalue weighted by atomic mass is 16.7. The van der Waals surface area contributed by atoms with Gasteiger partial charge in [0.15, 0.2) is 11.5 Å². The maximum atomic E-state index is 13.9. The molecule has 1 spiro atoms. The van der Waals surface area contributed by atoms with Gasteiger partial charge in [0.25, 0.3) is 11.8 Å². The standard InChI is InChI=1S/C31H31N3O6/c1-21-6-5-9-24(16-21)29(36)33-14-12-31(13-15-33)34(30(37)23-7-3-2-4-8-23)25(19-40-31)28(35)32-18-22-10-11-26-27(17-22)39-20-38-26/h2-11,16-17,25H,12-15,18-20H2,1H3,(H,32,35)/t25-/m0/s1. The van der Waals surface area contributed by atoms with Crippen LogP contribution in [0.3, 0.4) is 0 Å². The summed E-state index contributed by atoms with van der Waals surface area (Å²) in [4.78, 5) is 44.0. The predicted molar refractivity (Wildman–Crippen MR) is 146 cm³/mol. The first-order chi connectivity index (χ1) is 19.4. The molecule has 6 rings (SSSR count). The Bertz CT molecular complexity index is 1430. The molecule has 0 radical (unpaired) electrons. The van der Waals surface area contributed by atoms with Crippen LogP contribution in [0.2, 0.25) is 0 Å². The third kappa shape index (κ3) is 4.88. The summed E-state index contributed by atoms with van der Waals surface area (Å²) in [6.07, 6.45) is 0.824. The van der Waals surface area contributed by atoms with Gasteiger partial charge in [0.1, 0.15) is 11.8 Å². The van der Waals surface area contributed by atoms with E-state index in [0.717, 1.165) is 11.1 Å². The molecule has 2 fully saturated rings.